The number of rotatable bonds is 7. The van der Waals surface area contributed by atoms with Gasteiger partial charge in [-0.1, -0.05) is 6.92 Å². The molecule has 1 heterocycles. The van der Waals surface area contributed by atoms with Crippen molar-refractivity contribution in [1.29, 1.82) is 0 Å². The van der Waals surface area contributed by atoms with E-state index < -0.39 is 5.60 Å². The van der Waals surface area contributed by atoms with Crippen molar-refractivity contribution >= 4 is 0 Å². The minimum atomic E-state index is -0.999. The lowest BCUT2D eigenvalue weighted by Gasteiger charge is -2.27. The average molecular weight is 255 g/mol. The minimum absolute atomic E-state index is 0.182. The molecule has 1 unspecified atom stereocenters. The van der Waals surface area contributed by atoms with Crippen molar-refractivity contribution in [2.75, 3.05) is 20.2 Å². The molecule has 0 saturated carbocycles. The largest absolute Gasteiger partial charge is 0.493 e. The molecule has 104 valence electrons. The SMILES string of the molecule is CCCNCC(C)(O)c1c(OC)cnn1C(C)C. The molecule has 2 N–H and O–H groups in total. The molecule has 0 spiro atoms. The Kier molecular flexibility index (Phi) is 5.16. The van der Waals surface area contributed by atoms with E-state index in [0.717, 1.165) is 18.7 Å². The maximum Gasteiger partial charge on any atom is 0.162 e. The lowest BCUT2D eigenvalue weighted by Crippen LogP contribution is -2.38. The second-order valence-corrected chi connectivity index (χ2v) is 5.05. The Morgan fingerprint density at radius 2 is 2.22 bits per heavy atom. The van der Waals surface area contributed by atoms with Gasteiger partial charge in [-0.3, -0.25) is 4.68 Å². The highest BCUT2D eigenvalue weighted by atomic mass is 16.5. The van der Waals surface area contributed by atoms with E-state index in [4.69, 9.17) is 4.74 Å². The monoisotopic (exact) mass is 255 g/mol. The summed E-state index contributed by atoms with van der Waals surface area (Å²) in [6, 6.07) is 0.182. The first kappa shape index (κ1) is 15.0. The molecule has 5 nitrogen and oxygen atoms in total. The number of ether oxygens (including phenoxy) is 1. The van der Waals surface area contributed by atoms with Crippen LogP contribution in [0.2, 0.25) is 0 Å². The van der Waals surface area contributed by atoms with E-state index in [9.17, 15) is 5.11 Å². The maximum absolute atomic E-state index is 10.6. The van der Waals surface area contributed by atoms with Gasteiger partial charge in [-0.15, -0.1) is 0 Å². The van der Waals surface area contributed by atoms with Crippen molar-refractivity contribution in [3.05, 3.63) is 11.9 Å². The molecule has 18 heavy (non-hydrogen) atoms. The first-order chi connectivity index (χ1) is 8.44. The van der Waals surface area contributed by atoms with E-state index >= 15 is 0 Å². The van der Waals surface area contributed by atoms with Crippen LogP contribution in [-0.4, -0.2) is 35.1 Å². The lowest BCUT2D eigenvalue weighted by atomic mass is 10.0. The van der Waals surface area contributed by atoms with Crippen molar-refractivity contribution in [3.63, 3.8) is 0 Å². The number of nitrogens with zero attached hydrogens (tertiary/aromatic N) is 2. The number of aromatic nitrogens is 2. The molecule has 0 aliphatic rings. The second kappa shape index (κ2) is 6.20. The van der Waals surface area contributed by atoms with Gasteiger partial charge < -0.3 is 15.2 Å². The van der Waals surface area contributed by atoms with Crippen LogP contribution in [0, 0.1) is 0 Å². The molecule has 0 aliphatic carbocycles. The summed E-state index contributed by atoms with van der Waals surface area (Å²) in [4.78, 5) is 0. The van der Waals surface area contributed by atoms with Crippen LogP contribution >= 0.6 is 0 Å². The number of methoxy groups -OCH3 is 1. The molecule has 0 saturated heterocycles. The maximum atomic E-state index is 10.6. The molecular formula is C13H25N3O2. The molecular weight excluding hydrogens is 230 g/mol. The van der Waals surface area contributed by atoms with Crippen LogP contribution in [-0.2, 0) is 5.60 Å². The molecule has 0 aliphatic heterocycles. The molecule has 0 radical (unpaired) electrons. The van der Waals surface area contributed by atoms with Gasteiger partial charge in [-0.2, -0.15) is 5.10 Å². The molecule has 0 bridgehead atoms. The number of aliphatic hydroxyl groups is 1. The van der Waals surface area contributed by atoms with E-state index in [0.29, 0.717) is 12.3 Å². The summed E-state index contributed by atoms with van der Waals surface area (Å²) in [5, 5.41) is 18.2. The van der Waals surface area contributed by atoms with Crippen molar-refractivity contribution < 1.29 is 9.84 Å². The van der Waals surface area contributed by atoms with Crippen LogP contribution in [0.4, 0.5) is 0 Å². The highest BCUT2D eigenvalue weighted by Crippen LogP contribution is 2.31. The Balaban J connectivity index is 3.00. The Hall–Kier alpha value is -1.07. The van der Waals surface area contributed by atoms with Crippen molar-refractivity contribution in [2.45, 2.75) is 45.8 Å². The Morgan fingerprint density at radius 1 is 1.56 bits per heavy atom. The Morgan fingerprint density at radius 3 is 2.72 bits per heavy atom. The summed E-state index contributed by atoms with van der Waals surface area (Å²) in [6.07, 6.45) is 2.69. The molecule has 1 rings (SSSR count). The van der Waals surface area contributed by atoms with Crippen LogP contribution in [0.1, 0.15) is 45.9 Å². The Labute approximate surface area is 109 Å². The van der Waals surface area contributed by atoms with Crippen LogP contribution in [0.25, 0.3) is 0 Å². The van der Waals surface area contributed by atoms with Crippen LogP contribution in [0.5, 0.6) is 5.75 Å². The lowest BCUT2D eigenvalue weighted by molar-refractivity contribution is 0.0439. The fourth-order valence-corrected chi connectivity index (χ4v) is 1.99. The van der Waals surface area contributed by atoms with Gasteiger partial charge in [0.05, 0.1) is 13.3 Å². The summed E-state index contributed by atoms with van der Waals surface area (Å²) in [6.45, 7) is 9.32. The smallest absolute Gasteiger partial charge is 0.162 e. The van der Waals surface area contributed by atoms with Gasteiger partial charge in [0.25, 0.3) is 0 Å². The summed E-state index contributed by atoms with van der Waals surface area (Å²) in [5.74, 6) is 0.631. The Bertz CT molecular complexity index is 372. The average Bonchev–Trinajstić information content (AvgIpc) is 2.73. The van der Waals surface area contributed by atoms with Gasteiger partial charge >= 0.3 is 0 Å². The standard InChI is InChI=1S/C13H25N3O2/c1-6-7-14-9-13(4,17)12-11(18-5)8-15-16(12)10(2)3/h8,10,14,17H,6-7,9H2,1-5H3. The molecule has 5 heteroatoms. The number of hydrogen-bond donors (Lipinski definition) is 2. The fourth-order valence-electron chi connectivity index (χ4n) is 1.99. The predicted octanol–water partition coefficient (Wildman–Crippen LogP) is 1.68. The van der Waals surface area contributed by atoms with Gasteiger partial charge in [0.15, 0.2) is 5.75 Å². The topological polar surface area (TPSA) is 59.3 Å². The third-order valence-electron chi connectivity index (χ3n) is 2.88. The van der Waals surface area contributed by atoms with E-state index in [1.54, 1.807) is 20.2 Å². The number of hydrogen-bond acceptors (Lipinski definition) is 4. The van der Waals surface area contributed by atoms with E-state index in [1.165, 1.54) is 0 Å². The van der Waals surface area contributed by atoms with Crippen molar-refractivity contribution in [2.24, 2.45) is 0 Å². The molecule has 0 aromatic carbocycles. The van der Waals surface area contributed by atoms with E-state index in [-0.39, 0.29) is 6.04 Å². The quantitative estimate of drug-likeness (QED) is 0.728. The van der Waals surface area contributed by atoms with Crippen molar-refractivity contribution in [1.82, 2.24) is 15.1 Å². The zero-order valence-electron chi connectivity index (χ0n) is 12.0. The first-order valence-corrected chi connectivity index (χ1v) is 6.49. The molecule has 0 amide bonds. The van der Waals surface area contributed by atoms with E-state index in [1.807, 2.05) is 18.5 Å². The molecule has 0 fully saturated rings. The van der Waals surface area contributed by atoms with Gasteiger partial charge in [0.1, 0.15) is 11.3 Å². The summed E-state index contributed by atoms with van der Waals surface area (Å²) in [5.41, 5.74) is -0.273. The van der Waals surface area contributed by atoms with Gasteiger partial charge in [-0.25, -0.2) is 0 Å². The normalized spacial score (nSPS) is 14.8. The van der Waals surface area contributed by atoms with Crippen LogP contribution in [0.3, 0.4) is 0 Å². The fraction of sp³-hybridized carbons (Fsp3) is 0.769. The highest BCUT2D eigenvalue weighted by molar-refractivity contribution is 5.31. The van der Waals surface area contributed by atoms with Crippen molar-refractivity contribution in [3.8, 4) is 5.75 Å². The molecule has 1 atom stereocenters. The summed E-state index contributed by atoms with van der Waals surface area (Å²) in [7, 11) is 1.60. The third-order valence-corrected chi connectivity index (χ3v) is 2.88. The second-order valence-electron chi connectivity index (χ2n) is 5.05. The zero-order chi connectivity index (χ0) is 13.8. The van der Waals surface area contributed by atoms with Gasteiger partial charge in [-0.05, 0) is 33.7 Å². The molecule has 1 aromatic rings. The van der Waals surface area contributed by atoms with Gasteiger partial charge in [0.2, 0.25) is 0 Å². The van der Waals surface area contributed by atoms with Crippen LogP contribution < -0.4 is 10.1 Å². The zero-order valence-corrected chi connectivity index (χ0v) is 12.0. The third kappa shape index (κ3) is 3.23. The molecule has 1 aromatic heterocycles. The predicted molar refractivity (Wildman–Crippen MR) is 71.9 cm³/mol. The highest BCUT2D eigenvalue weighted by Gasteiger charge is 2.32. The van der Waals surface area contributed by atoms with E-state index in [2.05, 4.69) is 17.3 Å². The first-order valence-electron chi connectivity index (χ1n) is 6.49. The van der Waals surface area contributed by atoms with Gasteiger partial charge in [0, 0.05) is 12.6 Å². The van der Waals surface area contributed by atoms with Crippen LogP contribution in [0.15, 0.2) is 6.20 Å². The minimum Gasteiger partial charge on any atom is -0.493 e. The number of nitrogens with one attached hydrogen (secondary N) is 1. The summed E-state index contributed by atoms with van der Waals surface area (Å²) >= 11 is 0. The summed E-state index contributed by atoms with van der Waals surface area (Å²) < 4.78 is 7.11.